The molecule has 0 aromatic heterocycles. The molecule has 0 spiro atoms. The standard InChI is InChI=1S/C18H26N2O3/c1-12-11-18(4,5)20(8-9-23-14(3)22)17-10-15(19-13(2)21)6-7-16(12)17/h6-7,10,12H,8-9,11H2,1-5H3,(H,19,21). The summed E-state index contributed by atoms with van der Waals surface area (Å²) in [7, 11) is 0. The lowest BCUT2D eigenvalue weighted by Crippen LogP contribution is -2.49. The van der Waals surface area contributed by atoms with Crippen LogP contribution in [0.25, 0.3) is 0 Å². The Morgan fingerprint density at radius 3 is 2.65 bits per heavy atom. The zero-order valence-corrected chi connectivity index (χ0v) is 14.6. The van der Waals surface area contributed by atoms with E-state index in [-0.39, 0.29) is 17.4 Å². The molecule has 2 rings (SSSR count). The maximum Gasteiger partial charge on any atom is 0.302 e. The molecule has 0 saturated heterocycles. The lowest BCUT2D eigenvalue weighted by molar-refractivity contribution is -0.140. The Morgan fingerprint density at radius 1 is 1.35 bits per heavy atom. The molecule has 1 amide bonds. The molecule has 0 aliphatic carbocycles. The van der Waals surface area contributed by atoms with Crippen molar-refractivity contribution in [3.63, 3.8) is 0 Å². The van der Waals surface area contributed by atoms with E-state index >= 15 is 0 Å². The molecule has 1 aromatic rings. The minimum Gasteiger partial charge on any atom is -0.464 e. The van der Waals surface area contributed by atoms with Gasteiger partial charge in [0.25, 0.3) is 0 Å². The zero-order chi connectivity index (χ0) is 17.2. The first-order valence-corrected chi connectivity index (χ1v) is 8.03. The molecule has 1 aliphatic rings. The van der Waals surface area contributed by atoms with Crippen molar-refractivity contribution < 1.29 is 14.3 Å². The Balaban J connectivity index is 2.34. The van der Waals surface area contributed by atoms with Gasteiger partial charge in [-0.3, -0.25) is 9.59 Å². The number of nitrogens with zero attached hydrogens (tertiary/aromatic N) is 1. The van der Waals surface area contributed by atoms with Crippen molar-refractivity contribution in [1.29, 1.82) is 0 Å². The number of fused-ring (bicyclic) bond motifs is 1. The highest BCUT2D eigenvalue weighted by molar-refractivity contribution is 5.89. The predicted molar refractivity (Wildman–Crippen MR) is 91.8 cm³/mol. The molecule has 23 heavy (non-hydrogen) atoms. The van der Waals surface area contributed by atoms with Crippen molar-refractivity contribution in [3.8, 4) is 0 Å². The van der Waals surface area contributed by atoms with Gasteiger partial charge in [0.1, 0.15) is 6.61 Å². The topological polar surface area (TPSA) is 58.6 Å². The molecule has 1 N–H and O–H groups in total. The highest BCUT2D eigenvalue weighted by Crippen LogP contribution is 2.44. The number of hydrogen-bond acceptors (Lipinski definition) is 4. The van der Waals surface area contributed by atoms with E-state index in [4.69, 9.17) is 4.74 Å². The largest absolute Gasteiger partial charge is 0.464 e. The van der Waals surface area contributed by atoms with E-state index in [9.17, 15) is 9.59 Å². The Kier molecular flexibility index (Phi) is 4.97. The van der Waals surface area contributed by atoms with E-state index in [0.717, 1.165) is 17.8 Å². The van der Waals surface area contributed by atoms with E-state index in [1.54, 1.807) is 0 Å². The van der Waals surface area contributed by atoms with Crippen molar-refractivity contribution in [2.45, 2.75) is 52.5 Å². The molecule has 1 heterocycles. The van der Waals surface area contributed by atoms with Crippen LogP contribution in [-0.2, 0) is 14.3 Å². The summed E-state index contributed by atoms with van der Waals surface area (Å²) < 4.78 is 5.12. The molecule has 0 fully saturated rings. The molecular formula is C18H26N2O3. The normalized spacial score (nSPS) is 19.0. The van der Waals surface area contributed by atoms with Gasteiger partial charge in [0.2, 0.25) is 5.91 Å². The molecule has 5 heteroatoms. The predicted octanol–water partition coefficient (Wildman–Crippen LogP) is 3.30. The maximum atomic E-state index is 11.3. The molecule has 126 valence electrons. The van der Waals surface area contributed by atoms with Crippen molar-refractivity contribution in [3.05, 3.63) is 23.8 Å². The van der Waals surface area contributed by atoms with Gasteiger partial charge in [0.05, 0.1) is 6.54 Å². The molecule has 1 aliphatic heterocycles. The number of carbonyl (C=O) groups excluding carboxylic acids is 2. The summed E-state index contributed by atoms with van der Waals surface area (Å²) in [6, 6.07) is 6.04. The summed E-state index contributed by atoms with van der Waals surface area (Å²) in [5.74, 6) is 0.0938. The molecular weight excluding hydrogens is 292 g/mol. The van der Waals surface area contributed by atoms with Gasteiger partial charge in [0.15, 0.2) is 0 Å². The van der Waals surface area contributed by atoms with Crippen LogP contribution in [0.4, 0.5) is 11.4 Å². The number of hydrogen-bond donors (Lipinski definition) is 1. The van der Waals surface area contributed by atoms with Gasteiger partial charge in [-0.15, -0.1) is 0 Å². The van der Waals surface area contributed by atoms with Gasteiger partial charge in [-0.1, -0.05) is 13.0 Å². The Morgan fingerprint density at radius 2 is 2.04 bits per heavy atom. The van der Waals surface area contributed by atoms with E-state index < -0.39 is 0 Å². The van der Waals surface area contributed by atoms with Crippen LogP contribution in [0.5, 0.6) is 0 Å². The van der Waals surface area contributed by atoms with Crippen LogP contribution >= 0.6 is 0 Å². The van der Waals surface area contributed by atoms with Crippen molar-refractivity contribution in [1.82, 2.24) is 0 Å². The van der Waals surface area contributed by atoms with Crippen molar-refractivity contribution in [2.75, 3.05) is 23.4 Å². The van der Waals surface area contributed by atoms with E-state index in [0.29, 0.717) is 19.1 Å². The van der Waals surface area contributed by atoms with Crippen LogP contribution in [0.3, 0.4) is 0 Å². The number of nitrogens with one attached hydrogen (secondary N) is 1. The lowest BCUT2D eigenvalue weighted by Gasteiger charge is -2.47. The molecule has 1 atom stereocenters. The molecule has 1 unspecified atom stereocenters. The second kappa shape index (κ2) is 6.60. The molecule has 1 aromatic carbocycles. The Bertz CT molecular complexity index is 610. The van der Waals surface area contributed by atoms with Gasteiger partial charge >= 0.3 is 5.97 Å². The lowest BCUT2D eigenvalue weighted by atomic mass is 9.80. The van der Waals surface area contributed by atoms with E-state index in [2.05, 4.69) is 37.1 Å². The fourth-order valence-electron chi connectivity index (χ4n) is 3.47. The average Bonchev–Trinajstić information content (AvgIpc) is 2.40. The third-order valence-electron chi connectivity index (χ3n) is 4.33. The van der Waals surface area contributed by atoms with Crippen LogP contribution in [0.15, 0.2) is 18.2 Å². The Hall–Kier alpha value is -2.04. The zero-order valence-electron chi connectivity index (χ0n) is 14.6. The molecule has 0 bridgehead atoms. The van der Waals surface area contributed by atoms with Gasteiger partial charge < -0.3 is 15.0 Å². The number of benzene rings is 1. The van der Waals surface area contributed by atoms with Gasteiger partial charge in [-0.25, -0.2) is 0 Å². The quantitative estimate of drug-likeness (QED) is 0.865. The first kappa shape index (κ1) is 17.3. The van der Waals surface area contributed by atoms with Gasteiger partial charge in [-0.2, -0.15) is 0 Å². The monoisotopic (exact) mass is 318 g/mol. The third kappa shape index (κ3) is 4.03. The SMILES string of the molecule is CC(=O)Nc1ccc2c(c1)N(CCOC(C)=O)C(C)(C)CC2C. The van der Waals surface area contributed by atoms with Crippen LogP contribution in [0, 0.1) is 0 Å². The summed E-state index contributed by atoms with van der Waals surface area (Å²) in [6.07, 6.45) is 1.03. The smallest absolute Gasteiger partial charge is 0.302 e. The van der Waals surface area contributed by atoms with Gasteiger partial charge in [0, 0.05) is 30.8 Å². The number of esters is 1. The van der Waals surface area contributed by atoms with Crippen molar-refractivity contribution in [2.24, 2.45) is 0 Å². The summed E-state index contributed by atoms with van der Waals surface area (Å²) in [5.41, 5.74) is 3.12. The highest BCUT2D eigenvalue weighted by atomic mass is 16.5. The summed E-state index contributed by atoms with van der Waals surface area (Å²) in [5, 5.41) is 2.84. The first-order chi connectivity index (χ1) is 10.7. The summed E-state index contributed by atoms with van der Waals surface area (Å²) in [4.78, 5) is 24.6. The van der Waals surface area contributed by atoms with Crippen LogP contribution in [-0.4, -0.2) is 30.6 Å². The van der Waals surface area contributed by atoms with E-state index in [1.807, 2.05) is 12.1 Å². The average molecular weight is 318 g/mol. The van der Waals surface area contributed by atoms with E-state index in [1.165, 1.54) is 19.4 Å². The Labute approximate surface area is 138 Å². The second-order valence-electron chi connectivity index (χ2n) is 6.86. The highest BCUT2D eigenvalue weighted by Gasteiger charge is 2.36. The maximum absolute atomic E-state index is 11.3. The number of carbonyl (C=O) groups is 2. The van der Waals surface area contributed by atoms with Crippen LogP contribution in [0.2, 0.25) is 0 Å². The number of amides is 1. The third-order valence-corrected chi connectivity index (χ3v) is 4.33. The fraction of sp³-hybridized carbons (Fsp3) is 0.556. The molecule has 0 radical (unpaired) electrons. The molecule has 5 nitrogen and oxygen atoms in total. The molecule has 0 saturated carbocycles. The summed E-state index contributed by atoms with van der Waals surface area (Å²) >= 11 is 0. The number of rotatable bonds is 4. The van der Waals surface area contributed by atoms with Crippen LogP contribution in [0.1, 0.15) is 52.5 Å². The number of ether oxygens (including phenoxy) is 1. The minimum atomic E-state index is -0.264. The fourth-order valence-corrected chi connectivity index (χ4v) is 3.47. The minimum absolute atomic E-state index is 0.0403. The summed E-state index contributed by atoms with van der Waals surface area (Å²) in [6.45, 7) is 10.5. The van der Waals surface area contributed by atoms with Crippen LogP contribution < -0.4 is 10.2 Å². The second-order valence-corrected chi connectivity index (χ2v) is 6.86. The number of anilines is 2. The first-order valence-electron chi connectivity index (χ1n) is 8.03. The van der Waals surface area contributed by atoms with Crippen molar-refractivity contribution >= 4 is 23.3 Å². The van der Waals surface area contributed by atoms with Gasteiger partial charge in [-0.05, 0) is 43.9 Å².